The molecular formula is C18H21N3O3S. The van der Waals surface area contributed by atoms with Crippen molar-refractivity contribution >= 4 is 15.9 Å². The lowest BCUT2D eigenvalue weighted by molar-refractivity contribution is 0.0692. The van der Waals surface area contributed by atoms with E-state index in [2.05, 4.69) is 4.98 Å². The first-order valence-corrected chi connectivity index (χ1v) is 9.89. The highest BCUT2D eigenvalue weighted by Gasteiger charge is 2.29. The van der Waals surface area contributed by atoms with Crippen LogP contribution in [0.4, 0.5) is 0 Å². The first-order chi connectivity index (χ1) is 12.1. The van der Waals surface area contributed by atoms with Crippen molar-refractivity contribution < 1.29 is 13.2 Å². The number of rotatable bonds is 5. The van der Waals surface area contributed by atoms with E-state index in [0.717, 1.165) is 5.56 Å². The first kappa shape index (κ1) is 17.6. The highest BCUT2D eigenvalue weighted by molar-refractivity contribution is 7.89. The van der Waals surface area contributed by atoms with Gasteiger partial charge in [0.05, 0.1) is 5.75 Å². The summed E-state index contributed by atoms with van der Waals surface area (Å²) in [5.74, 6) is -0.0625. The predicted octanol–water partition coefficient (Wildman–Crippen LogP) is 1.41. The van der Waals surface area contributed by atoms with Gasteiger partial charge in [0.15, 0.2) is 0 Å². The topological polar surface area (TPSA) is 70.6 Å². The molecule has 0 N–H and O–H groups in total. The van der Waals surface area contributed by atoms with Crippen LogP contribution in [0, 0.1) is 0 Å². The second kappa shape index (κ2) is 7.76. The Morgan fingerprint density at radius 3 is 2.28 bits per heavy atom. The van der Waals surface area contributed by atoms with Crippen LogP contribution in [0.2, 0.25) is 0 Å². The molecule has 2 aromatic rings. The van der Waals surface area contributed by atoms with Gasteiger partial charge in [0.25, 0.3) is 5.91 Å². The zero-order valence-corrected chi connectivity index (χ0v) is 14.7. The van der Waals surface area contributed by atoms with Crippen molar-refractivity contribution in [3.8, 4) is 0 Å². The summed E-state index contributed by atoms with van der Waals surface area (Å²) in [4.78, 5) is 18.1. The Hall–Kier alpha value is -2.25. The van der Waals surface area contributed by atoms with Crippen LogP contribution in [0.15, 0.2) is 54.7 Å². The van der Waals surface area contributed by atoms with E-state index in [-0.39, 0.29) is 11.7 Å². The quantitative estimate of drug-likeness (QED) is 0.809. The van der Waals surface area contributed by atoms with Crippen LogP contribution in [0.5, 0.6) is 0 Å². The average Bonchev–Trinajstić information content (AvgIpc) is 2.67. The number of amides is 1. The Kier molecular flexibility index (Phi) is 5.45. The number of benzene rings is 1. The van der Waals surface area contributed by atoms with Gasteiger partial charge in [-0.05, 0) is 24.1 Å². The predicted molar refractivity (Wildman–Crippen MR) is 95.6 cm³/mol. The fourth-order valence-electron chi connectivity index (χ4n) is 2.84. The lowest BCUT2D eigenvalue weighted by atomic mass is 10.2. The normalized spacial score (nSPS) is 15.9. The summed E-state index contributed by atoms with van der Waals surface area (Å²) in [5.41, 5.74) is 1.40. The number of carbonyl (C=O) groups is 1. The van der Waals surface area contributed by atoms with Gasteiger partial charge in [0, 0.05) is 32.4 Å². The van der Waals surface area contributed by atoms with Gasteiger partial charge in [0.1, 0.15) is 5.69 Å². The zero-order chi connectivity index (χ0) is 17.7. The molecule has 0 spiro atoms. The Morgan fingerprint density at radius 1 is 0.960 bits per heavy atom. The molecule has 0 aliphatic carbocycles. The highest BCUT2D eigenvalue weighted by atomic mass is 32.2. The van der Waals surface area contributed by atoms with Crippen LogP contribution in [0.25, 0.3) is 0 Å². The summed E-state index contributed by atoms with van der Waals surface area (Å²) in [6.45, 7) is 1.44. The van der Waals surface area contributed by atoms with E-state index in [1.807, 2.05) is 30.3 Å². The number of sulfonamides is 1. The smallest absolute Gasteiger partial charge is 0.272 e. The Balaban J connectivity index is 1.55. The van der Waals surface area contributed by atoms with Gasteiger partial charge in [0.2, 0.25) is 10.0 Å². The molecule has 2 heterocycles. The summed E-state index contributed by atoms with van der Waals surface area (Å²) in [5, 5.41) is 0. The van der Waals surface area contributed by atoms with Crippen molar-refractivity contribution in [2.75, 3.05) is 31.9 Å². The first-order valence-electron chi connectivity index (χ1n) is 8.28. The molecule has 132 valence electrons. The molecule has 1 aliphatic heterocycles. The number of hydrogen-bond donors (Lipinski definition) is 0. The Morgan fingerprint density at radius 2 is 1.64 bits per heavy atom. The molecule has 1 aromatic heterocycles. The van der Waals surface area contributed by atoms with Gasteiger partial charge < -0.3 is 4.90 Å². The molecule has 1 amide bonds. The molecule has 7 heteroatoms. The van der Waals surface area contributed by atoms with Gasteiger partial charge in [-0.25, -0.2) is 8.42 Å². The molecule has 1 aromatic carbocycles. The van der Waals surface area contributed by atoms with Gasteiger partial charge >= 0.3 is 0 Å². The van der Waals surface area contributed by atoms with Crippen molar-refractivity contribution in [1.82, 2.24) is 14.2 Å². The summed E-state index contributed by atoms with van der Waals surface area (Å²) in [6, 6.07) is 14.8. The van der Waals surface area contributed by atoms with Crippen molar-refractivity contribution in [3.63, 3.8) is 0 Å². The largest absolute Gasteiger partial charge is 0.335 e. The average molecular weight is 359 g/mol. The fourth-order valence-corrected chi connectivity index (χ4v) is 4.31. The molecule has 1 aliphatic rings. The van der Waals surface area contributed by atoms with E-state index in [9.17, 15) is 13.2 Å². The molecule has 6 nitrogen and oxygen atoms in total. The van der Waals surface area contributed by atoms with Crippen molar-refractivity contribution in [2.45, 2.75) is 6.42 Å². The second-order valence-corrected chi connectivity index (χ2v) is 8.05. The van der Waals surface area contributed by atoms with Gasteiger partial charge in [-0.15, -0.1) is 0 Å². The third kappa shape index (κ3) is 4.43. The molecule has 0 radical (unpaired) electrons. The summed E-state index contributed by atoms with van der Waals surface area (Å²) in [6.07, 6.45) is 2.08. The van der Waals surface area contributed by atoms with E-state index in [4.69, 9.17) is 0 Å². The highest BCUT2D eigenvalue weighted by Crippen LogP contribution is 2.12. The third-order valence-electron chi connectivity index (χ3n) is 4.29. The minimum absolute atomic E-state index is 0.0885. The minimum Gasteiger partial charge on any atom is -0.335 e. The lowest BCUT2D eigenvalue weighted by Crippen LogP contribution is -2.51. The molecule has 0 unspecified atom stereocenters. The van der Waals surface area contributed by atoms with Crippen LogP contribution >= 0.6 is 0 Å². The Labute approximate surface area is 148 Å². The molecular weight excluding hydrogens is 338 g/mol. The molecule has 25 heavy (non-hydrogen) atoms. The second-order valence-electron chi connectivity index (χ2n) is 5.96. The van der Waals surface area contributed by atoms with Crippen molar-refractivity contribution in [2.24, 2.45) is 0 Å². The van der Waals surface area contributed by atoms with Crippen molar-refractivity contribution in [3.05, 3.63) is 66.0 Å². The molecule has 0 bridgehead atoms. The van der Waals surface area contributed by atoms with E-state index in [0.29, 0.717) is 38.3 Å². The van der Waals surface area contributed by atoms with Crippen molar-refractivity contribution in [1.29, 1.82) is 0 Å². The maximum Gasteiger partial charge on any atom is 0.272 e. The van der Waals surface area contributed by atoms with E-state index < -0.39 is 10.0 Å². The van der Waals surface area contributed by atoms with Gasteiger partial charge in [-0.3, -0.25) is 9.78 Å². The van der Waals surface area contributed by atoms with Crippen LogP contribution in [0.1, 0.15) is 16.1 Å². The molecule has 1 fully saturated rings. The van der Waals surface area contributed by atoms with E-state index in [1.54, 1.807) is 29.3 Å². The molecule has 3 rings (SSSR count). The monoisotopic (exact) mass is 359 g/mol. The summed E-state index contributed by atoms with van der Waals surface area (Å²) in [7, 11) is -3.32. The standard InChI is InChI=1S/C18H21N3O3S/c22-18(17-8-4-5-10-19-17)20-11-13-21(14-12-20)25(23,24)15-9-16-6-2-1-3-7-16/h1-8,10H,9,11-15H2. The fraction of sp³-hybridized carbons (Fsp3) is 0.333. The summed E-state index contributed by atoms with van der Waals surface area (Å²) >= 11 is 0. The molecule has 0 saturated carbocycles. The number of carbonyl (C=O) groups excluding carboxylic acids is 1. The van der Waals surface area contributed by atoms with Gasteiger partial charge in [-0.1, -0.05) is 36.4 Å². The van der Waals surface area contributed by atoms with E-state index >= 15 is 0 Å². The minimum atomic E-state index is -3.32. The van der Waals surface area contributed by atoms with E-state index in [1.165, 1.54) is 4.31 Å². The van der Waals surface area contributed by atoms with Crippen LogP contribution in [-0.2, 0) is 16.4 Å². The van der Waals surface area contributed by atoms with Crippen LogP contribution in [-0.4, -0.2) is 60.4 Å². The van der Waals surface area contributed by atoms with Crippen LogP contribution in [0.3, 0.4) is 0 Å². The number of hydrogen-bond acceptors (Lipinski definition) is 4. The van der Waals surface area contributed by atoms with Gasteiger partial charge in [-0.2, -0.15) is 4.31 Å². The molecule has 0 atom stereocenters. The van der Waals surface area contributed by atoms with Crippen LogP contribution < -0.4 is 0 Å². The number of piperazine rings is 1. The number of aromatic nitrogens is 1. The molecule has 1 saturated heterocycles. The third-order valence-corrected chi connectivity index (χ3v) is 6.17. The lowest BCUT2D eigenvalue weighted by Gasteiger charge is -2.33. The maximum absolute atomic E-state index is 12.5. The number of pyridine rings is 1. The number of aryl methyl sites for hydroxylation is 1. The summed E-state index contributed by atoms with van der Waals surface area (Å²) < 4.78 is 26.5. The Bertz CT molecular complexity index is 802. The number of nitrogens with zero attached hydrogens (tertiary/aromatic N) is 3. The SMILES string of the molecule is O=C(c1ccccn1)N1CCN(S(=O)(=O)CCc2ccccc2)CC1. The zero-order valence-electron chi connectivity index (χ0n) is 13.9. The maximum atomic E-state index is 12.5.